The highest BCUT2D eigenvalue weighted by Crippen LogP contribution is 2.15. The highest BCUT2D eigenvalue weighted by molar-refractivity contribution is 5.81. The van der Waals surface area contributed by atoms with Crippen LogP contribution in [0.1, 0.15) is 31.1 Å². The van der Waals surface area contributed by atoms with Crippen LogP contribution in [0.4, 0.5) is 0 Å². The lowest BCUT2D eigenvalue weighted by molar-refractivity contribution is -0.128. The van der Waals surface area contributed by atoms with Crippen LogP contribution >= 0.6 is 0 Å². The first kappa shape index (κ1) is 16.1. The molecule has 1 aromatic carbocycles. The molecule has 0 aliphatic heterocycles. The van der Waals surface area contributed by atoms with E-state index in [1.165, 1.54) is 0 Å². The van der Waals surface area contributed by atoms with Gasteiger partial charge in [0.1, 0.15) is 11.5 Å². The Balaban J connectivity index is 1.76. The molecule has 0 saturated heterocycles. The van der Waals surface area contributed by atoms with Crippen molar-refractivity contribution in [3.8, 4) is 5.75 Å². The summed E-state index contributed by atoms with van der Waals surface area (Å²) >= 11 is 0. The number of furan rings is 1. The predicted octanol–water partition coefficient (Wildman–Crippen LogP) is 3.49. The second kappa shape index (κ2) is 8.27. The minimum Gasteiger partial charge on any atom is -0.481 e. The standard InChI is InChI=1S/C18H23NO3/c1-3-17(22-16-8-4-7-14(2)13-16)18(20)19-11-5-9-15-10-6-12-21-15/h4,6-8,10,12-13,17H,3,5,9,11H2,1-2H3,(H,19,20). The number of hydrogen-bond donors (Lipinski definition) is 1. The molecule has 0 aliphatic rings. The molecule has 1 aromatic heterocycles. The Hall–Kier alpha value is -2.23. The molecule has 118 valence electrons. The van der Waals surface area contributed by atoms with Crippen LogP contribution in [0.15, 0.2) is 47.1 Å². The van der Waals surface area contributed by atoms with Crippen molar-refractivity contribution in [2.75, 3.05) is 6.54 Å². The number of rotatable bonds is 8. The number of aryl methyl sites for hydroxylation is 2. The van der Waals surface area contributed by atoms with Crippen LogP contribution in [0.3, 0.4) is 0 Å². The molecule has 0 spiro atoms. The quantitative estimate of drug-likeness (QED) is 0.759. The Morgan fingerprint density at radius 1 is 1.32 bits per heavy atom. The van der Waals surface area contributed by atoms with Gasteiger partial charge in [-0.3, -0.25) is 4.79 Å². The van der Waals surface area contributed by atoms with Gasteiger partial charge in [-0.25, -0.2) is 0 Å². The van der Waals surface area contributed by atoms with E-state index < -0.39 is 6.10 Å². The van der Waals surface area contributed by atoms with Gasteiger partial charge in [-0.15, -0.1) is 0 Å². The molecule has 2 rings (SSSR count). The molecule has 0 bridgehead atoms. The van der Waals surface area contributed by atoms with Crippen LogP contribution in [0, 0.1) is 6.92 Å². The van der Waals surface area contributed by atoms with E-state index in [1.54, 1.807) is 6.26 Å². The molecule has 22 heavy (non-hydrogen) atoms. The number of nitrogens with one attached hydrogen (secondary N) is 1. The van der Waals surface area contributed by atoms with Gasteiger partial charge in [-0.2, -0.15) is 0 Å². The predicted molar refractivity (Wildman–Crippen MR) is 85.9 cm³/mol. The number of amides is 1. The molecule has 1 heterocycles. The van der Waals surface area contributed by atoms with Crippen molar-refractivity contribution < 1.29 is 13.9 Å². The van der Waals surface area contributed by atoms with Gasteiger partial charge in [0.05, 0.1) is 6.26 Å². The summed E-state index contributed by atoms with van der Waals surface area (Å²) in [4.78, 5) is 12.2. The lowest BCUT2D eigenvalue weighted by Crippen LogP contribution is -2.38. The molecule has 1 atom stereocenters. The van der Waals surface area contributed by atoms with E-state index in [0.29, 0.717) is 13.0 Å². The monoisotopic (exact) mass is 301 g/mol. The van der Waals surface area contributed by atoms with E-state index >= 15 is 0 Å². The van der Waals surface area contributed by atoms with Crippen molar-refractivity contribution >= 4 is 5.91 Å². The zero-order valence-corrected chi connectivity index (χ0v) is 13.2. The summed E-state index contributed by atoms with van der Waals surface area (Å²) in [5.74, 6) is 1.61. The fourth-order valence-electron chi connectivity index (χ4n) is 2.22. The summed E-state index contributed by atoms with van der Waals surface area (Å²) in [6, 6.07) is 11.6. The molecular weight excluding hydrogens is 278 g/mol. The lowest BCUT2D eigenvalue weighted by atomic mass is 10.2. The maximum absolute atomic E-state index is 12.2. The number of carbonyl (C=O) groups excluding carboxylic acids is 1. The third-order valence-corrected chi connectivity index (χ3v) is 3.41. The zero-order valence-electron chi connectivity index (χ0n) is 13.2. The highest BCUT2D eigenvalue weighted by atomic mass is 16.5. The van der Waals surface area contributed by atoms with Crippen molar-refractivity contribution in [1.29, 1.82) is 0 Å². The smallest absolute Gasteiger partial charge is 0.261 e. The Bertz CT molecular complexity index is 578. The fraction of sp³-hybridized carbons (Fsp3) is 0.389. The average molecular weight is 301 g/mol. The van der Waals surface area contributed by atoms with E-state index in [-0.39, 0.29) is 5.91 Å². The van der Waals surface area contributed by atoms with Crippen LogP contribution in [-0.4, -0.2) is 18.6 Å². The Labute approximate surface area is 131 Å². The molecule has 1 unspecified atom stereocenters. The number of benzene rings is 1. The van der Waals surface area contributed by atoms with Crippen LogP contribution in [0.25, 0.3) is 0 Å². The molecule has 0 saturated carbocycles. The van der Waals surface area contributed by atoms with E-state index in [1.807, 2.05) is 50.2 Å². The Morgan fingerprint density at radius 2 is 2.18 bits per heavy atom. The molecule has 1 amide bonds. The second-order valence-electron chi connectivity index (χ2n) is 5.31. The third kappa shape index (κ3) is 4.95. The minimum atomic E-state index is -0.453. The second-order valence-corrected chi connectivity index (χ2v) is 5.31. The Kier molecular flexibility index (Phi) is 6.07. The van der Waals surface area contributed by atoms with E-state index in [4.69, 9.17) is 9.15 Å². The van der Waals surface area contributed by atoms with E-state index in [2.05, 4.69) is 5.32 Å². The van der Waals surface area contributed by atoms with Crippen molar-refractivity contribution in [2.24, 2.45) is 0 Å². The fourth-order valence-corrected chi connectivity index (χ4v) is 2.22. The highest BCUT2D eigenvalue weighted by Gasteiger charge is 2.17. The van der Waals surface area contributed by atoms with Gasteiger partial charge in [0.15, 0.2) is 6.10 Å². The van der Waals surface area contributed by atoms with Crippen molar-refractivity contribution in [2.45, 2.75) is 39.2 Å². The molecule has 0 aliphatic carbocycles. The topological polar surface area (TPSA) is 51.5 Å². The zero-order chi connectivity index (χ0) is 15.8. The number of hydrogen-bond acceptors (Lipinski definition) is 3. The van der Waals surface area contributed by atoms with Gasteiger partial charge in [-0.1, -0.05) is 19.1 Å². The van der Waals surface area contributed by atoms with E-state index in [0.717, 1.165) is 29.9 Å². The van der Waals surface area contributed by atoms with Gasteiger partial charge in [-0.05, 0) is 49.6 Å². The molecule has 0 radical (unpaired) electrons. The van der Waals surface area contributed by atoms with Crippen LogP contribution < -0.4 is 10.1 Å². The first-order valence-electron chi connectivity index (χ1n) is 7.72. The van der Waals surface area contributed by atoms with Crippen molar-refractivity contribution in [3.63, 3.8) is 0 Å². The normalized spacial score (nSPS) is 11.9. The van der Waals surface area contributed by atoms with Gasteiger partial charge in [0, 0.05) is 13.0 Å². The first-order valence-corrected chi connectivity index (χ1v) is 7.72. The van der Waals surface area contributed by atoms with Crippen molar-refractivity contribution in [3.05, 3.63) is 54.0 Å². The van der Waals surface area contributed by atoms with Crippen LogP contribution in [-0.2, 0) is 11.2 Å². The third-order valence-electron chi connectivity index (χ3n) is 3.41. The molecule has 4 nitrogen and oxygen atoms in total. The Morgan fingerprint density at radius 3 is 2.86 bits per heavy atom. The summed E-state index contributed by atoms with van der Waals surface area (Å²) in [5, 5.41) is 2.93. The molecule has 4 heteroatoms. The van der Waals surface area contributed by atoms with Gasteiger partial charge in [0.25, 0.3) is 5.91 Å². The summed E-state index contributed by atoms with van der Waals surface area (Å²) < 4.78 is 11.0. The summed E-state index contributed by atoms with van der Waals surface area (Å²) in [7, 11) is 0. The lowest BCUT2D eigenvalue weighted by Gasteiger charge is -2.17. The largest absolute Gasteiger partial charge is 0.481 e. The van der Waals surface area contributed by atoms with Crippen LogP contribution in [0.2, 0.25) is 0 Å². The van der Waals surface area contributed by atoms with E-state index in [9.17, 15) is 4.79 Å². The molecular formula is C18H23NO3. The van der Waals surface area contributed by atoms with Gasteiger partial charge >= 0.3 is 0 Å². The van der Waals surface area contributed by atoms with Crippen LogP contribution in [0.5, 0.6) is 5.75 Å². The van der Waals surface area contributed by atoms with Gasteiger partial charge < -0.3 is 14.5 Å². The summed E-state index contributed by atoms with van der Waals surface area (Å²) in [5.41, 5.74) is 1.12. The maximum atomic E-state index is 12.2. The minimum absolute atomic E-state index is 0.0662. The summed E-state index contributed by atoms with van der Waals surface area (Å²) in [6.45, 7) is 4.57. The van der Waals surface area contributed by atoms with Gasteiger partial charge in [0.2, 0.25) is 0 Å². The molecule has 1 N–H and O–H groups in total. The average Bonchev–Trinajstić information content (AvgIpc) is 3.02. The maximum Gasteiger partial charge on any atom is 0.261 e. The number of ether oxygens (including phenoxy) is 1. The summed E-state index contributed by atoms with van der Waals surface area (Å²) in [6.07, 6.45) is 3.52. The molecule has 0 fully saturated rings. The number of carbonyl (C=O) groups is 1. The first-order chi connectivity index (χ1) is 10.7. The molecule has 2 aromatic rings. The SMILES string of the molecule is CCC(Oc1cccc(C)c1)C(=O)NCCCc1ccco1. The van der Waals surface area contributed by atoms with Crippen molar-refractivity contribution in [1.82, 2.24) is 5.32 Å².